The van der Waals surface area contributed by atoms with Gasteiger partial charge in [-0.05, 0) is 44.0 Å². The van der Waals surface area contributed by atoms with Crippen LogP contribution in [0.1, 0.15) is 37.7 Å². The number of aliphatic carboxylic acids is 1. The number of hydrogen-bond acceptors (Lipinski definition) is 3. The van der Waals surface area contributed by atoms with Crippen molar-refractivity contribution in [2.24, 2.45) is 7.05 Å². The third kappa shape index (κ3) is 2.92. The van der Waals surface area contributed by atoms with Gasteiger partial charge in [0.15, 0.2) is 0 Å². The Morgan fingerprint density at radius 3 is 2.33 bits per heavy atom. The van der Waals surface area contributed by atoms with Gasteiger partial charge in [-0.1, -0.05) is 6.07 Å². The Hall–Kier alpha value is -2.96. The molecule has 2 N–H and O–H groups in total. The number of rotatable bonds is 4. The number of aromatic nitrogens is 1. The van der Waals surface area contributed by atoms with E-state index in [2.05, 4.69) is 5.32 Å². The van der Waals surface area contributed by atoms with Crippen molar-refractivity contribution in [3.63, 3.8) is 0 Å². The number of hydrogen-bond donors (Lipinski definition) is 2. The molecule has 1 aromatic heterocycles. The van der Waals surface area contributed by atoms with Crippen LogP contribution in [0.4, 0.5) is 10.1 Å². The van der Waals surface area contributed by atoms with Gasteiger partial charge in [0.05, 0.1) is 5.56 Å². The summed E-state index contributed by atoms with van der Waals surface area (Å²) in [6.45, 7) is 4.72. The second-order valence-corrected chi connectivity index (χ2v) is 5.55. The van der Waals surface area contributed by atoms with Gasteiger partial charge in [-0.25, -0.2) is 9.18 Å². The summed E-state index contributed by atoms with van der Waals surface area (Å²) >= 11 is 0. The minimum Gasteiger partial charge on any atom is -0.475 e. The van der Waals surface area contributed by atoms with E-state index in [0.29, 0.717) is 11.3 Å². The van der Waals surface area contributed by atoms with Gasteiger partial charge in [0.1, 0.15) is 11.5 Å². The fraction of sp³-hybridized carbons (Fsp3) is 0.235. The minimum absolute atomic E-state index is 0.0553. The molecule has 1 heterocycles. The van der Waals surface area contributed by atoms with E-state index in [1.165, 1.54) is 30.7 Å². The monoisotopic (exact) mass is 332 g/mol. The topological polar surface area (TPSA) is 88.4 Å². The van der Waals surface area contributed by atoms with Crippen molar-refractivity contribution in [2.75, 3.05) is 5.32 Å². The lowest BCUT2D eigenvalue weighted by Crippen LogP contribution is -2.17. The summed E-state index contributed by atoms with van der Waals surface area (Å²) in [7, 11) is 1.51. The summed E-state index contributed by atoms with van der Waals surface area (Å²) in [5.74, 6) is -3.66. The molecule has 0 aliphatic carbocycles. The molecule has 0 spiro atoms. The molecule has 2 aromatic rings. The second kappa shape index (κ2) is 6.27. The van der Waals surface area contributed by atoms with Gasteiger partial charge in [0.2, 0.25) is 0 Å². The van der Waals surface area contributed by atoms with Gasteiger partial charge >= 0.3 is 5.97 Å². The number of carbonyl (C=O) groups excluding carboxylic acids is 2. The third-order valence-electron chi connectivity index (χ3n) is 4.00. The summed E-state index contributed by atoms with van der Waals surface area (Å²) in [5, 5.41) is 11.5. The van der Waals surface area contributed by atoms with Gasteiger partial charge in [-0.15, -0.1) is 0 Å². The Balaban J connectivity index is 2.43. The Morgan fingerprint density at radius 1 is 1.17 bits per heavy atom. The van der Waals surface area contributed by atoms with Crippen LogP contribution in [0.2, 0.25) is 0 Å². The molecule has 1 amide bonds. The standard InChI is InChI=1S/C17H17FN2O4/c1-8-5-6-11(7-12(8)18)19-16(22)13-9(2)14(15(21)17(23)24)20(4)10(13)3/h5-7H,1-4H3,(H,19,22)(H,23,24). The first-order valence-electron chi connectivity index (χ1n) is 7.16. The average molecular weight is 332 g/mol. The zero-order valence-corrected chi connectivity index (χ0v) is 13.7. The van der Waals surface area contributed by atoms with Crippen LogP contribution < -0.4 is 5.32 Å². The molecule has 2 rings (SSSR count). The van der Waals surface area contributed by atoms with E-state index in [4.69, 9.17) is 5.11 Å². The number of benzene rings is 1. The highest BCUT2D eigenvalue weighted by molar-refractivity contribution is 6.40. The molecule has 0 saturated heterocycles. The van der Waals surface area contributed by atoms with E-state index in [1.807, 2.05) is 0 Å². The van der Waals surface area contributed by atoms with E-state index in [-0.39, 0.29) is 22.5 Å². The SMILES string of the molecule is Cc1ccc(NC(=O)c2c(C)c(C(=O)C(=O)O)n(C)c2C)cc1F. The lowest BCUT2D eigenvalue weighted by Gasteiger charge is -2.07. The fourth-order valence-corrected chi connectivity index (χ4v) is 2.60. The molecule has 0 atom stereocenters. The van der Waals surface area contributed by atoms with E-state index in [0.717, 1.165) is 0 Å². The maximum Gasteiger partial charge on any atom is 0.378 e. The molecule has 0 aliphatic heterocycles. The Morgan fingerprint density at radius 2 is 1.79 bits per heavy atom. The third-order valence-corrected chi connectivity index (χ3v) is 4.00. The number of aryl methyl sites for hydroxylation is 1. The zero-order chi connectivity index (χ0) is 18.2. The lowest BCUT2D eigenvalue weighted by molar-refractivity contribution is -0.131. The van der Waals surface area contributed by atoms with E-state index < -0.39 is 23.5 Å². The molecular weight excluding hydrogens is 315 g/mol. The number of anilines is 1. The number of nitrogens with one attached hydrogen (secondary N) is 1. The summed E-state index contributed by atoms with van der Waals surface area (Å²) in [4.78, 5) is 35.3. The molecule has 0 unspecified atom stereocenters. The fourth-order valence-electron chi connectivity index (χ4n) is 2.60. The lowest BCUT2D eigenvalue weighted by atomic mass is 10.1. The number of amides is 1. The number of halogens is 1. The van der Waals surface area contributed by atoms with Gasteiger partial charge in [-0.3, -0.25) is 9.59 Å². The summed E-state index contributed by atoms with van der Waals surface area (Å²) < 4.78 is 15.0. The molecule has 7 heteroatoms. The minimum atomic E-state index is -1.59. The van der Waals surface area contributed by atoms with Crippen LogP contribution in [0.15, 0.2) is 18.2 Å². The first-order chi connectivity index (χ1) is 11.1. The molecule has 6 nitrogen and oxygen atoms in total. The van der Waals surface area contributed by atoms with Crippen molar-refractivity contribution in [1.82, 2.24) is 4.57 Å². The van der Waals surface area contributed by atoms with Crippen LogP contribution in [0.5, 0.6) is 0 Å². The molecule has 0 radical (unpaired) electrons. The highest BCUT2D eigenvalue weighted by atomic mass is 19.1. The molecule has 1 aromatic carbocycles. The van der Waals surface area contributed by atoms with Crippen LogP contribution in [0.3, 0.4) is 0 Å². The van der Waals surface area contributed by atoms with Crippen molar-refractivity contribution in [1.29, 1.82) is 0 Å². The van der Waals surface area contributed by atoms with Crippen LogP contribution in [-0.4, -0.2) is 27.3 Å². The number of carboxylic acids is 1. The highest BCUT2D eigenvalue weighted by Gasteiger charge is 2.28. The summed E-state index contributed by atoms with van der Waals surface area (Å²) in [5.41, 5.74) is 1.59. The summed E-state index contributed by atoms with van der Waals surface area (Å²) in [6, 6.07) is 4.30. The van der Waals surface area contributed by atoms with Gasteiger partial charge < -0.3 is 15.0 Å². The van der Waals surface area contributed by atoms with Crippen molar-refractivity contribution in [3.8, 4) is 0 Å². The van der Waals surface area contributed by atoms with E-state index in [9.17, 15) is 18.8 Å². The normalized spacial score (nSPS) is 10.5. The van der Waals surface area contributed by atoms with Crippen LogP contribution in [0.25, 0.3) is 0 Å². The molecule has 24 heavy (non-hydrogen) atoms. The number of carbonyl (C=O) groups is 3. The summed E-state index contributed by atoms with van der Waals surface area (Å²) in [6.07, 6.45) is 0. The van der Waals surface area contributed by atoms with Gasteiger partial charge in [-0.2, -0.15) is 0 Å². The van der Waals surface area contributed by atoms with Crippen molar-refractivity contribution in [2.45, 2.75) is 20.8 Å². The predicted octanol–water partition coefficient (Wildman–Crippen LogP) is 2.61. The number of nitrogens with zero attached hydrogens (tertiary/aromatic N) is 1. The van der Waals surface area contributed by atoms with Crippen molar-refractivity contribution in [3.05, 3.63) is 52.1 Å². The Labute approximate surface area is 137 Å². The van der Waals surface area contributed by atoms with E-state index >= 15 is 0 Å². The Bertz CT molecular complexity index is 868. The largest absolute Gasteiger partial charge is 0.475 e. The quantitative estimate of drug-likeness (QED) is 0.665. The molecular formula is C17H17FN2O4. The smallest absolute Gasteiger partial charge is 0.378 e. The molecule has 0 saturated carbocycles. The van der Waals surface area contributed by atoms with Crippen LogP contribution in [0, 0.1) is 26.6 Å². The molecule has 0 aliphatic rings. The maximum atomic E-state index is 13.6. The number of Topliss-reactive ketones (excluding diaryl/α,β-unsaturated/α-hetero) is 1. The van der Waals surface area contributed by atoms with Crippen molar-refractivity contribution >= 4 is 23.3 Å². The van der Waals surface area contributed by atoms with E-state index in [1.54, 1.807) is 19.9 Å². The van der Waals surface area contributed by atoms with Crippen LogP contribution >= 0.6 is 0 Å². The highest BCUT2D eigenvalue weighted by Crippen LogP contribution is 2.23. The first kappa shape index (κ1) is 17.4. The van der Waals surface area contributed by atoms with Gasteiger partial charge in [0.25, 0.3) is 11.7 Å². The molecule has 0 bridgehead atoms. The van der Waals surface area contributed by atoms with Crippen LogP contribution in [-0.2, 0) is 11.8 Å². The maximum absolute atomic E-state index is 13.6. The zero-order valence-electron chi connectivity index (χ0n) is 13.7. The second-order valence-electron chi connectivity index (χ2n) is 5.55. The number of ketones is 1. The average Bonchev–Trinajstić information content (AvgIpc) is 2.72. The van der Waals surface area contributed by atoms with Gasteiger partial charge in [0, 0.05) is 18.4 Å². The first-order valence-corrected chi connectivity index (χ1v) is 7.16. The number of carboxylic acid groups (broad SMARTS) is 1. The van der Waals surface area contributed by atoms with Crippen molar-refractivity contribution < 1.29 is 23.9 Å². The Kier molecular flexibility index (Phi) is 4.54. The predicted molar refractivity (Wildman–Crippen MR) is 85.9 cm³/mol. The molecule has 126 valence electrons. The molecule has 0 fully saturated rings.